The van der Waals surface area contributed by atoms with Crippen molar-refractivity contribution in [1.29, 1.82) is 0 Å². The van der Waals surface area contributed by atoms with Crippen LogP contribution in [-0.2, 0) is 9.59 Å². The van der Waals surface area contributed by atoms with Crippen LogP contribution in [0.25, 0.3) is 0 Å². The summed E-state index contributed by atoms with van der Waals surface area (Å²) in [5, 5.41) is 9.46. The molecule has 2 rings (SSSR count). The quantitative estimate of drug-likeness (QED) is 0.852. The van der Waals surface area contributed by atoms with E-state index in [1.54, 1.807) is 0 Å². The van der Waals surface area contributed by atoms with Gasteiger partial charge in [0.15, 0.2) is 0 Å². The van der Waals surface area contributed by atoms with Crippen molar-refractivity contribution < 1.29 is 14.7 Å². The molecule has 0 aromatic heterocycles. The molecule has 1 saturated carbocycles. The lowest BCUT2D eigenvalue weighted by Crippen LogP contribution is -2.46. The fourth-order valence-electron chi connectivity index (χ4n) is 3.66. The third-order valence-electron chi connectivity index (χ3n) is 4.92. The molecule has 4 nitrogen and oxygen atoms in total. The molecule has 1 unspecified atom stereocenters. The molecule has 1 saturated heterocycles. The number of likely N-dealkylation sites (tertiary alicyclic amines) is 1. The standard InChI is InChI=1S/C15H25NO3/c1-2-12-7-3-6-10-16(12)13(17)11-15(14(18)19)8-4-5-9-15/h12H,2-11H2,1H3,(H,18,19). The SMILES string of the molecule is CCC1CCCCN1C(=O)CC1(C(=O)O)CCCC1. The number of carboxylic acids is 1. The lowest BCUT2D eigenvalue weighted by atomic mass is 9.82. The zero-order chi connectivity index (χ0) is 13.9. The number of carboxylic acid groups (broad SMARTS) is 1. The first kappa shape index (κ1) is 14.4. The van der Waals surface area contributed by atoms with Crippen molar-refractivity contribution in [2.75, 3.05) is 6.54 Å². The first-order chi connectivity index (χ1) is 9.09. The lowest BCUT2D eigenvalue weighted by Gasteiger charge is -2.37. The van der Waals surface area contributed by atoms with Crippen LogP contribution in [0.2, 0.25) is 0 Å². The molecule has 19 heavy (non-hydrogen) atoms. The van der Waals surface area contributed by atoms with Gasteiger partial charge in [-0.2, -0.15) is 0 Å². The number of hydrogen-bond donors (Lipinski definition) is 1. The number of piperidine rings is 1. The summed E-state index contributed by atoms with van der Waals surface area (Å²) >= 11 is 0. The number of amides is 1. The Morgan fingerprint density at radius 1 is 1.21 bits per heavy atom. The van der Waals surface area contributed by atoms with Gasteiger partial charge in [-0.1, -0.05) is 19.8 Å². The molecule has 1 amide bonds. The van der Waals surface area contributed by atoms with Crippen molar-refractivity contribution in [3.63, 3.8) is 0 Å². The molecule has 2 aliphatic rings. The molecule has 1 aliphatic heterocycles. The van der Waals surface area contributed by atoms with Crippen molar-refractivity contribution in [1.82, 2.24) is 4.90 Å². The maximum Gasteiger partial charge on any atom is 0.310 e. The van der Waals surface area contributed by atoms with Crippen molar-refractivity contribution in [3.05, 3.63) is 0 Å². The maximum absolute atomic E-state index is 12.5. The van der Waals surface area contributed by atoms with Crippen LogP contribution in [0.5, 0.6) is 0 Å². The van der Waals surface area contributed by atoms with E-state index in [9.17, 15) is 14.7 Å². The van der Waals surface area contributed by atoms with E-state index >= 15 is 0 Å². The van der Waals surface area contributed by atoms with Gasteiger partial charge >= 0.3 is 5.97 Å². The van der Waals surface area contributed by atoms with Gasteiger partial charge in [0.05, 0.1) is 5.41 Å². The number of carbonyl (C=O) groups excluding carboxylic acids is 1. The minimum absolute atomic E-state index is 0.0656. The summed E-state index contributed by atoms with van der Waals surface area (Å²) in [5.74, 6) is -0.709. The topological polar surface area (TPSA) is 57.6 Å². The molecule has 1 heterocycles. The minimum atomic E-state index is -0.775. The number of rotatable bonds is 4. The molecule has 1 N–H and O–H groups in total. The molecule has 1 atom stereocenters. The van der Waals surface area contributed by atoms with E-state index in [1.165, 1.54) is 6.42 Å². The molecule has 4 heteroatoms. The number of hydrogen-bond acceptors (Lipinski definition) is 2. The van der Waals surface area contributed by atoms with Gasteiger partial charge in [-0.3, -0.25) is 9.59 Å². The Hall–Kier alpha value is -1.06. The smallest absolute Gasteiger partial charge is 0.310 e. The molecule has 1 aliphatic carbocycles. The minimum Gasteiger partial charge on any atom is -0.481 e. The lowest BCUT2D eigenvalue weighted by molar-refractivity contribution is -0.154. The molecule has 0 radical (unpaired) electrons. The molecule has 0 bridgehead atoms. The van der Waals surface area contributed by atoms with Gasteiger partial charge in [0, 0.05) is 19.0 Å². The Bertz CT molecular complexity index is 347. The Morgan fingerprint density at radius 2 is 1.89 bits per heavy atom. The van der Waals surface area contributed by atoms with Gasteiger partial charge in [0.25, 0.3) is 0 Å². The van der Waals surface area contributed by atoms with E-state index in [2.05, 4.69) is 6.92 Å². The Balaban J connectivity index is 2.04. The Morgan fingerprint density at radius 3 is 2.47 bits per heavy atom. The van der Waals surface area contributed by atoms with E-state index in [1.807, 2.05) is 4.90 Å². The van der Waals surface area contributed by atoms with E-state index in [0.29, 0.717) is 18.9 Å². The second-order valence-corrected chi connectivity index (χ2v) is 6.11. The van der Waals surface area contributed by atoms with E-state index < -0.39 is 11.4 Å². The van der Waals surface area contributed by atoms with E-state index in [-0.39, 0.29) is 12.3 Å². The monoisotopic (exact) mass is 267 g/mol. The van der Waals surface area contributed by atoms with Crippen LogP contribution < -0.4 is 0 Å². The zero-order valence-electron chi connectivity index (χ0n) is 11.9. The highest BCUT2D eigenvalue weighted by Crippen LogP contribution is 2.42. The predicted octanol–water partition coefficient (Wildman–Crippen LogP) is 2.81. The molecule has 0 aromatic carbocycles. The van der Waals surface area contributed by atoms with Gasteiger partial charge in [-0.05, 0) is 38.5 Å². The highest BCUT2D eigenvalue weighted by atomic mass is 16.4. The number of nitrogens with zero attached hydrogens (tertiary/aromatic N) is 1. The molecule has 0 aromatic rings. The van der Waals surface area contributed by atoms with Gasteiger partial charge in [-0.25, -0.2) is 0 Å². The predicted molar refractivity (Wildman–Crippen MR) is 72.8 cm³/mol. The zero-order valence-corrected chi connectivity index (χ0v) is 11.9. The van der Waals surface area contributed by atoms with Crippen molar-refractivity contribution in [2.45, 2.75) is 70.8 Å². The van der Waals surface area contributed by atoms with Gasteiger partial charge in [0.1, 0.15) is 0 Å². The normalized spacial score (nSPS) is 26.4. The number of carbonyl (C=O) groups is 2. The molecular weight excluding hydrogens is 242 g/mol. The average Bonchev–Trinajstić information content (AvgIpc) is 2.88. The second-order valence-electron chi connectivity index (χ2n) is 6.11. The number of aliphatic carboxylic acids is 1. The average molecular weight is 267 g/mol. The summed E-state index contributed by atoms with van der Waals surface area (Å²) in [6.45, 7) is 2.92. The van der Waals surface area contributed by atoms with E-state index in [0.717, 1.165) is 38.6 Å². The summed E-state index contributed by atoms with van der Waals surface area (Å²) < 4.78 is 0. The van der Waals surface area contributed by atoms with Crippen LogP contribution in [0.4, 0.5) is 0 Å². The van der Waals surface area contributed by atoms with Crippen LogP contribution >= 0.6 is 0 Å². The largest absolute Gasteiger partial charge is 0.481 e. The fraction of sp³-hybridized carbons (Fsp3) is 0.867. The molecular formula is C15H25NO3. The maximum atomic E-state index is 12.5. The fourth-order valence-corrected chi connectivity index (χ4v) is 3.66. The van der Waals surface area contributed by atoms with Crippen molar-refractivity contribution in [3.8, 4) is 0 Å². The third-order valence-corrected chi connectivity index (χ3v) is 4.92. The highest BCUT2D eigenvalue weighted by molar-refractivity contribution is 5.85. The summed E-state index contributed by atoms with van der Waals surface area (Å²) in [6.07, 6.45) is 7.71. The van der Waals surface area contributed by atoms with Crippen LogP contribution in [0.3, 0.4) is 0 Å². The van der Waals surface area contributed by atoms with Crippen molar-refractivity contribution in [2.24, 2.45) is 5.41 Å². The van der Waals surface area contributed by atoms with Gasteiger partial charge < -0.3 is 10.0 Å². The van der Waals surface area contributed by atoms with Crippen LogP contribution in [0, 0.1) is 5.41 Å². The second kappa shape index (κ2) is 5.93. The van der Waals surface area contributed by atoms with Crippen LogP contribution in [0.15, 0.2) is 0 Å². The Kier molecular flexibility index (Phi) is 4.48. The molecule has 0 spiro atoms. The highest BCUT2D eigenvalue weighted by Gasteiger charge is 2.44. The first-order valence-electron chi connectivity index (χ1n) is 7.62. The summed E-state index contributed by atoms with van der Waals surface area (Å²) in [7, 11) is 0. The van der Waals surface area contributed by atoms with Crippen molar-refractivity contribution >= 4 is 11.9 Å². The Labute approximate surface area is 115 Å². The summed E-state index contributed by atoms with van der Waals surface area (Å²) in [4.78, 5) is 26.0. The third kappa shape index (κ3) is 2.93. The van der Waals surface area contributed by atoms with Gasteiger partial charge in [0.2, 0.25) is 5.91 Å². The first-order valence-corrected chi connectivity index (χ1v) is 7.62. The van der Waals surface area contributed by atoms with Gasteiger partial charge in [-0.15, -0.1) is 0 Å². The molecule has 108 valence electrons. The summed E-state index contributed by atoms with van der Waals surface area (Å²) in [6, 6.07) is 0.327. The summed E-state index contributed by atoms with van der Waals surface area (Å²) in [5.41, 5.74) is -0.771. The molecule has 2 fully saturated rings. The van der Waals surface area contributed by atoms with Crippen LogP contribution in [-0.4, -0.2) is 34.5 Å². The van der Waals surface area contributed by atoms with E-state index in [4.69, 9.17) is 0 Å². The van der Waals surface area contributed by atoms with Crippen LogP contribution in [0.1, 0.15) is 64.7 Å².